The van der Waals surface area contributed by atoms with Crippen LogP contribution in [0.1, 0.15) is 13.0 Å². The molecule has 0 aliphatic carbocycles. The molecule has 0 radical (unpaired) electrons. The quantitative estimate of drug-likeness (QED) is 0.736. The molecule has 1 atom stereocenters. The lowest BCUT2D eigenvalue weighted by Crippen LogP contribution is -2.34. The molecule has 1 N–H and O–H groups in total. The van der Waals surface area contributed by atoms with E-state index in [9.17, 15) is 9.59 Å². The standard InChI is InChI=1S/C18H14Cl2N4O2/c1-11(17(25)22-15-8-6-14(20)7-9-15)24-18(26)23-16(10-21-24)12-2-4-13(19)5-3-12/h2-11H,1H3,(H,22,25). The van der Waals surface area contributed by atoms with Gasteiger partial charge in [0.2, 0.25) is 5.91 Å². The number of carbonyl (C=O) groups excluding carboxylic acids is 1. The molecule has 3 aromatic rings. The monoisotopic (exact) mass is 388 g/mol. The van der Waals surface area contributed by atoms with Crippen LogP contribution in [0.4, 0.5) is 5.69 Å². The van der Waals surface area contributed by atoms with E-state index in [2.05, 4.69) is 15.4 Å². The molecular weight excluding hydrogens is 375 g/mol. The van der Waals surface area contributed by atoms with Crippen LogP contribution in [0.2, 0.25) is 10.0 Å². The smallest absolute Gasteiger partial charge is 0.324 e. The number of nitrogens with zero attached hydrogens (tertiary/aromatic N) is 3. The predicted molar refractivity (Wildman–Crippen MR) is 102 cm³/mol. The van der Waals surface area contributed by atoms with Crippen molar-refractivity contribution in [1.82, 2.24) is 14.8 Å². The number of rotatable bonds is 4. The highest BCUT2D eigenvalue weighted by Crippen LogP contribution is 2.18. The zero-order chi connectivity index (χ0) is 18.7. The molecule has 0 bridgehead atoms. The molecule has 0 aliphatic heterocycles. The van der Waals surface area contributed by atoms with Crippen molar-refractivity contribution < 1.29 is 4.79 Å². The van der Waals surface area contributed by atoms with Gasteiger partial charge in [0, 0.05) is 21.3 Å². The zero-order valence-electron chi connectivity index (χ0n) is 13.7. The molecule has 0 aliphatic rings. The Hall–Kier alpha value is -2.70. The predicted octanol–water partition coefficient (Wildman–Crippen LogP) is 3.81. The lowest BCUT2D eigenvalue weighted by Gasteiger charge is -2.14. The maximum absolute atomic E-state index is 12.4. The molecular formula is C18H14Cl2N4O2. The highest BCUT2D eigenvalue weighted by atomic mass is 35.5. The average Bonchev–Trinajstić information content (AvgIpc) is 2.63. The van der Waals surface area contributed by atoms with Gasteiger partial charge < -0.3 is 5.32 Å². The van der Waals surface area contributed by atoms with Crippen LogP contribution >= 0.6 is 23.2 Å². The van der Waals surface area contributed by atoms with Gasteiger partial charge in [0.05, 0.1) is 11.9 Å². The summed E-state index contributed by atoms with van der Waals surface area (Å²) in [4.78, 5) is 28.6. The van der Waals surface area contributed by atoms with Gasteiger partial charge in [-0.15, -0.1) is 0 Å². The fourth-order valence-corrected chi connectivity index (χ4v) is 2.52. The number of nitrogens with one attached hydrogen (secondary N) is 1. The average molecular weight is 389 g/mol. The molecule has 8 heteroatoms. The molecule has 6 nitrogen and oxygen atoms in total. The summed E-state index contributed by atoms with van der Waals surface area (Å²) < 4.78 is 1.03. The van der Waals surface area contributed by atoms with Crippen LogP contribution in [0.5, 0.6) is 0 Å². The van der Waals surface area contributed by atoms with Gasteiger partial charge in [-0.3, -0.25) is 4.79 Å². The number of amides is 1. The molecule has 0 saturated heterocycles. The van der Waals surface area contributed by atoms with E-state index in [1.165, 1.54) is 6.20 Å². The Labute approximate surface area is 159 Å². The second kappa shape index (κ2) is 7.68. The molecule has 2 aromatic carbocycles. The topological polar surface area (TPSA) is 76.9 Å². The van der Waals surface area contributed by atoms with Gasteiger partial charge in [0.25, 0.3) is 0 Å². The SMILES string of the molecule is CC(C(=O)Nc1ccc(Cl)cc1)n1ncc(-c2ccc(Cl)cc2)nc1=O. The summed E-state index contributed by atoms with van der Waals surface area (Å²) in [6, 6.07) is 12.7. The molecule has 1 amide bonds. The summed E-state index contributed by atoms with van der Waals surface area (Å²) >= 11 is 11.7. The van der Waals surface area contributed by atoms with Crippen LogP contribution < -0.4 is 11.0 Å². The van der Waals surface area contributed by atoms with Crippen molar-refractivity contribution in [3.8, 4) is 11.3 Å². The Morgan fingerprint density at radius 2 is 1.62 bits per heavy atom. The van der Waals surface area contributed by atoms with Crippen LogP contribution in [0.3, 0.4) is 0 Å². The summed E-state index contributed by atoms with van der Waals surface area (Å²) in [5.74, 6) is -0.386. The minimum atomic E-state index is -0.829. The number of hydrogen-bond donors (Lipinski definition) is 1. The van der Waals surface area contributed by atoms with Gasteiger partial charge in [-0.1, -0.05) is 35.3 Å². The Kier molecular flexibility index (Phi) is 5.35. The Bertz CT molecular complexity index is 985. The van der Waals surface area contributed by atoms with Crippen molar-refractivity contribution in [3.05, 3.63) is 75.3 Å². The lowest BCUT2D eigenvalue weighted by molar-refractivity contribution is -0.119. The fourth-order valence-electron chi connectivity index (χ4n) is 2.27. The first-order chi connectivity index (χ1) is 12.4. The molecule has 3 rings (SSSR count). The van der Waals surface area contributed by atoms with E-state index in [0.717, 1.165) is 4.68 Å². The molecule has 132 valence electrons. The number of halogens is 2. The normalized spacial score (nSPS) is 11.8. The number of anilines is 1. The minimum absolute atomic E-state index is 0.386. The first-order valence-corrected chi connectivity index (χ1v) is 8.48. The second-order valence-electron chi connectivity index (χ2n) is 5.55. The highest BCUT2D eigenvalue weighted by Gasteiger charge is 2.18. The van der Waals surface area contributed by atoms with E-state index >= 15 is 0 Å². The molecule has 1 unspecified atom stereocenters. The third kappa shape index (κ3) is 4.09. The fraction of sp³-hybridized carbons (Fsp3) is 0.111. The van der Waals surface area contributed by atoms with E-state index in [1.54, 1.807) is 55.5 Å². The largest absolute Gasteiger partial charge is 0.365 e. The first kappa shape index (κ1) is 18.1. The van der Waals surface area contributed by atoms with E-state index in [0.29, 0.717) is 27.0 Å². The Morgan fingerprint density at radius 1 is 1.04 bits per heavy atom. The van der Waals surface area contributed by atoms with E-state index in [1.807, 2.05) is 0 Å². The van der Waals surface area contributed by atoms with Crippen molar-refractivity contribution >= 4 is 34.8 Å². The molecule has 0 fully saturated rings. The maximum atomic E-state index is 12.4. The third-order valence-electron chi connectivity index (χ3n) is 3.71. The number of aromatic nitrogens is 3. The van der Waals surface area contributed by atoms with E-state index < -0.39 is 11.7 Å². The van der Waals surface area contributed by atoms with Crippen LogP contribution in [0, 0.1) is 0 Å². The summed E-state index contributed by atoms with van der Waals surface area (Å²) in [6.07, 6.45) is 1.44. The van der Waals surface area contributed by atoms with Gasteiger partial charge in [-0.25, -0.2) is 9.48 Å². The summed E-state index contributed by atoms with van der Waals surface area (Å²) in [5.41, 5.74) is 1.08. The number of hydrogen-bond acceptors (Lipinski definition) is 4. The van der Waals surface area contributed by atoms with Crippen molar-refractivity contribution in [2.24, 2.45) is 0 Å². The van der Waals surface area contributed by atoms with Crippen molar-refractivity contribution in [2.45, 2.75) is 13.0 Å². The molecule has 1 aromatic heterocycles. The zero-order valence-corrected chi connectivity index (χ0v) is 15.2. The summed E-state index contributed by atoms with van der Waals surface area (Å²) in [5, 5.41) is 7.94. The third-order valence-corrected chi connectivity index (χ3v) is 4.22. The Balaban J connectivity index is 1.79. The second-order valence-corrected chi connectivity index (χ2v) is 6.42. The van der Waals surface area contributed by atoms with Crippen LogP contribution in [0.25, 0.3) is 11.3 Å². The first-order valence-electron chi connectivity index (χ1n) is 7.72. The van der Waals surface area contributed by atoms with Crippen molar-refractivity contribution in [2.75, 3.05) is 5.32 Å². The van der Waals surface area contributed by atoms with E-state index in [4.69, 9.17) is 23.2 Å². The summed E-state index contributed by atoms with van der Waals surface area (Å²) in [6.45, 7) is 1.57. The molecule has 0 saturated carbocycles. The summed E-state index contributed by atoms with van der Waals surface area (Å²) in [7, 11) is 0. The van der Waals surface area contributed by atoms with Gasteiger partial charge in [-0.2, -0.15) is 10.1 Å². The number of carbonyl (C=O) groups is 1. The Morgan fingerprint density at radius 3 is 2.19 bits per heavy atom. The van der Waals surface area contributed by atoms with Gasteiger partial charge in [-0.05, 0) is 43.3 Å². The maximum Gasteiger partial charge on any atom is 0.365 e. The number of benzene rings is 2. The van der Waals surface area contributed by atoms with E-state index in [-0.39, 0.29) is 5.91 Å². The van der Waals surface area contributed by atoms with Crippen molar-refractivity contribution in [1.29, 1.82) is 0 Å². The van der Waals surface area contributed by atoms with Crippen LogP contribution in [0.15, 0.2) is 59.5 Å². The molecule has 26 heavy (non-hydrogen) atoms. The van der Waals surface area contributed by atoms with Crippen LogP contribution in [-0.2, 0) is 4.79 Å². The highest BCUT2D eigenvalue weighted by molar-refractivity contribution is 6.30. The van der Waals surface area contributed by atoms with Crippen molar-refractivity contribution in [3.63, 3.8) is 0 Å². The van der Waals surface area contributed by atoms with Gasteiger partial charge >= 0.3 is 5.69 Å². The van der Waals surface area contributed by atoms with Gasteiger partial charge in [0.15, 0.2) is 0 Å². The lowest BCUT2D eigenvalue weighted by atomic mass is 10.2. The molecule has 0 spiro atoms. The minimum Gasteiger partial charge on any atom is -0.324 e. The van der Waals surface area contributed by atoms with Gasteiger partial charge in [0.1, 0.15) is 6.04 Å². The molecule has 1 heterocycles. The van der Waals surface area contributed by atoms with Crippen LogP contribution in [-0.4, -0.2) is 20.7 Å².